The van der Waals surface area contributed by atoms with Crippen molar-refractivity contribution in [1.29, 1.82) is 0 Å². The molecule has 6 heteroatoms. The second-order valence-electron chi connectivity index (χ2n) is 6.54. The molecule has 5 nitrogen and oxygen atoms in total. The van der Waals surface area contributed by atoms with Gasteiger partial charge in [0.1, 0.15) is 0 Å². The minimum Gasteiger partial charge on any atom is -0.342 e. The minimum atomic E-state index is 0. The first-order chi connectivity index (χ1) is 9.65. The summed E-state index contributed by atoms with van der Waals surface area (Å²) in [7, 11) is 0. The molecule has 3 fully saturated rings. The zero-order valence-corrected chi connectivity index (χ0v) is 13.5. The molecule has 21 heavy (non-hydrogen) atoms. The van der Waals surface area contributed by atoms with Gasteiger partial charge in [-0.1, -0.05) is 0 Å². The first-order valence-corrected chi connectivity index (χ1v) is 7.96. The lowest BCUT2D eigenvalue weighted by Gasteiger charge is -2.38. The molecule has 1 aliphatic carbocycles. The minimum absolute atomic E-state index is 0. The smallest absolute Gasteiger partial charge is 0.227 e. The van der Waals surface area contributed by atoms with E-state index < -0.39 is 0 Å². The predicted octanol–water partition coefficient (Wildman–Crippen LogP) is 0.877. The van der Waals surface area contributed by atoms with E-state index in [1.165, 1.54) is 0 Å². The molecule has 1 saturated carbocycles. The van der Waals surface area contributed by atoms with E-state index in [4.69, 9.17) is 0 Å². The lowest BCUT2D eigenvalue weighted by Crippen LogP contribution is -2.55. The Morgan fingerprint density at radius 1 is 0.952 bits per heavy atom. The molecule has 0 aromatic rings. The number of carbonyl (C=O) groups is 2. The normalized spacial score (nSPS) is 29.8. The lowest BCUT2D eigenvalue weighted by atomic mass is 9.95. The van der Waals surface area contributed by atoms with Crippen LogP contribution in [0.5, 0.6) is 0 Å². The Morgan fingerprint density at radius 3 is 2.29 bits per heavy atom. The summed E-state index contributed by atoms with van der Waals surface area (Å²) in [4.78, 5) is 28.7. The van der Waals surface area contributed by atoms with Crippen LogP contribution in [0.25, 0.3) is 0 Å². The molecular weight excluding hydrogens is 290 g/mol. The number of amides is 2. The highest BCUT2D eigenvalue weighted by Gasteiger charge is 2.37. The van der Waals surface area contributed by atoms with Crippen LogP contribution < -0.4 is 5.32 Å². The van der Waals surface area contributed by atoms with E-state index in [-0.39, 0.29) is 36.1 Å². The van der Waals surface area contributed by atoms with Crippen LogP contribution >= 0.6 is 12.4 Å². The zero-order chi connectivity index (χ0) is 14.1. The number of nitrogens with zero attached hydrogens (tertiary/aromatic N) is 2. The summed E-state index contributed by atoms with van der Waals surface area (Å²) >= 11 is 0. The van der Waals surface area contributed by atoms with Gasteiger partial charge >= 0.3 is 0 Å². The van der Waals surface area contributed by atoms with Crippen LogP contribution in [-0.2, 0) is 9.59 Å². The third-order valence-electron chi connectivity index (χ3n) is 4.69. The van der Waals surface area contributed by atoms with Gasteiger partial charge in [-0.2, -0.15) is 0 Å². The predicted molar refractivity (Wildman–Crippen MR) is 83.3 cm³/mol. The maximum atomic E-state index is 12.6. The maximum Gasteiger partial charge on any atom is 0.227 e. The molecule has 0 radical (unpaired) electrons. The van der Waals surface area contributed by atoms with Crippen molar-refractivity contribution < 1.29 is 9.59 Å². The van der Waals surface area contributed by atoms with Crippen molar-refractivity contribution in [1.82, 2.24) is 15.1 Å². The topological polar surface area (TPSA) is 52.7 Å². The Hall–Kier alpha value is -0.810. The summed E-state index contributed by atoms with van der Waals surface area (Å²) < 4.78 is 0. The summed E-state index contributed by atoms with van der Waals surface area (Å²) in [6.07, 6.45) is 3.99. The van der Waals surface area contributed by atoms with Crippen LogP contribution in [0.1, 0.15) is 32.6 Å². The van der Waals surface area contributed by atoms with Gasteiger partial charge in [0.05, 0.1) is 5.92 Å². The average Bonchev–Trinajstić information content (AvgIpc) is 3.30. The van der Waals surface area contributed by atoms with Crippen molar-refractivity contribution >= 4 is 24.2 Å². The van der Waals surface area contributed by atoms with Gasteiger partial charge in [0.2, 0.25) is 11.8 Å². The molecule has 2 saturated heterocycles. The second-order valence-corrected chi connectivity index (χ2v) is 6.54. The Labute approximate surface area is 132 Å². The molecule has 0 bridgehead atoms. The van der Waals surface area contributed by atoms with Crippen LogP contribution in [0.3, 0.4) is 0 Å². The van der Waals surface area contributed by atoms with E-state index in [2.05, 4.69) is 12.2 Å². The van der Waals surface area contributed by atoms with Gasteiger partial charge in [0, 0.05) is 44.7 Å². The summed E-state index contributed by atoms with van der Waals surface area (Å²) in [5.41, 5.74) is 0. The Bertz CT molecular complexity index is 400. The number of likely N-dealkylation sites (tertiary alicyclic amines) is 1. The quantitative estimate of drug-likeness (QED) is 0.823. The molecule has 0 aromatic carbocycles. The fourth-order valence-corrected chi connectivity index (χ4v) is 3.36. The van der Waals surface area contributed by atoms with Crippen molar-refractivity contribution in [2.45, 2.75) is 38.6 Å². The molecule has 120 valence electrons. The Balaban J connectivity index is 0.00000161. The fraction of sp³-hybridized carbons (Fsp3) is 0.867. The van der Waals surface area contributed by atoms with E-state index in [0.29, 0.717) is 12.6 Å². The lowest BCUT2D eigenvalue weighted by molar-refractivity contribution is -0.142. The number of carbonyl (C=O) groups excluding carboxylic acids is 2. The molecule has 3 aliphatic rings. The highest BCUT2D eigenvalue weighted by molar-refractivity contribution is 5.85. The number of piperidine rings is 1. The van der Waals surface area contributed by atoms with Gasteiger partial charge in [-0.25, -0.2) is 0 Å². The number of rotatable bonds is 2. The fourth-order valence-electron chi connectivity index (χ4n) is 3.36. The summed E-state index contributed by atoms with van der Waals surface area (Å²) in [5.74, 6) is 0.836. The van der Waals surface area contributed by atoms with Gasteiger partial charge in [-0.15, -0.1) is 12.4 Å². The zero-order valence-electron chi connectivity index (χ0n) is 12.7. The Morgan fingerprint density at radius 2 is 1.62 bits per heavy atom. The van der Waals surface area contributed by atoms with Crippen molar-refractivity contribution in [2.24, 2.45) is 11.8 Å². The van der Waals surface area contributed by atoms with Gasteiger partial charge < -0.3 is 15.1 Å². The molecule has 2 amide bonds. The van der Waals surface area contributed by atoms with Crippen LogP contribution in [0.2, 0.25) is 0 Å². The van der Waals surface area contributed by atoms with Crippen LogP contribution in [0, 0.1) is 11.8 Å². The van der Waals surface area contributed by atoms with Crippen LogP contribution in [0.4, 0.5) is 0 Å². The van der Waals surface area contributed by atoms with Crippen LogP contribution in [0.15, 0.2) is 0 Å². The number of hydrogen-bond donors (Lipinski definition) is 1. The van der Waals surface area contributed by atoms with Crippen molar-refractivity contribution in [3.05, 3.63) is 0 Å². The highest BCUT2D eigenvalue weighted by atomic mass is 35.5. The van der Waals surface area contributed by atoms with Crippen molar-refractivity contribution in [3.8, 4) is 0 Å². The van der Waals surface area contributed by atoms with E-state index in [0.717, 1.165) is 51.9 Å². The average molecular weight is 316 g/mol. The Kier molecular flexibility index (Phi) is 5.49. The largest absolute Gasteiger partial charge is 0.342 e. The molecule has 0 spiro atoms. The first kappa shape index (κ1) is 16.6. The molecule has 2 heterocycles. The van der Waals surface area contributed by atoms with E-state index in [1.807, 2.05) is 9.80 Å². The molecule has 1 N–H and O–H groups in total. The number of nitrogens with one attached hydrogen (secondary N) is 1. The van der Waals surface area contributed by atoms with Gasteiger partial charge in [-0.05, 0) is 32.6 Å². The van der Waals surface area contributed by atoms with Crippen molar-refractivity contribution in [2.75, 3.05) is 32.7 Å². The van der Waals surface area contributed by atoms with Gasteiger partial charge in [0.15, 0.2) is 0 Å². The summed E-state index contributed by atoms with van der Waals surface area (Å²) in [6.45, 7) is 6.08. The third kappa shape index (κ3) is 3.89. The monoisotopic (exact) mass is 315 g/mol. The SMILES string of the molecule is CC1CN(C(=O)C2CCCN(C(=O)C3CC3)C2)CCN1.Cl. The highest BCUT2D eigenvalue weighted by Crippen LogP contribution is 2.32. The van der Waals surface area contributed by atoms with E-state index in [9.17, 15) is 9.59 Å². The third-order valence-corrected chi connectivity index (χ3v) is 4.69. The molecule has 2 atom stereocenters. The second kappa shape index (κ2) is 6.97. The van der Waals surface area contributed by atoms with E-state index in [1.54, 1.807) is 0 Å². The molecule has 2 aliphatic heterocycles. The number of piperazine rings is 1. The van der Waals surface area contributed by atoms with Gasteiger partial charge in [0.25, 0.3) is 0 Å². The van der Waals surface area contributed by atoms with Gasteiger partial charge in [-0.3, -0.25) is 9.59 Å². The maximum absolute atomic E-state index is 12.6. The number of halogens is 1. The standard InChI is InChI=1S/C15H25N3O2.ClH/c1-11-9-18(8-6-16-11)15(20)13-3-2-7-17(10-13)14(19)12-4-5-12;/h11-13,16H,2-10H2,1H3;1H. The first-order valence-electron chi connectivity index (χ1n) is 7.96. The molecule has 0 aromatic heterocycles. The van der Waals surface area contributed by atoms with E-state index >= 15 is 0 Å². The van der Waals surface area contributed by atoms with Crippen LogP contribution in [-0.4, -0.2) is 60.4 Å². The van der Waals surface area contributed by atoms with Crippen molar-refractivity contribution in [3.63, 3.8) is 0 Å². The molecular formula is C15H26ClN3O2. The summed E-state index contributed by atoms with van der Waals surface area (Å²) in [5, 5.41) is 3.36. The summed E-state index contributed by atoms with van der Waals surface area (Å²) in [6, 6.07) is 0.375. The molecule has 2 unspecified atom stereocenters. The molecule has 3 rings (SSSR count). The number of hydrogen-bond acceptors (Lipinski definition) is 3.